The highest BCUT2D eigenvalue weighted by molar-refractivity contribution is 5.87. The van der Waals surface area contributed by atoms with E-state index in [0.29, 0.717) is 30.8 Å². The Balaban J connectivity index is 1.47. The summed E-state index contributed by atoms with van der Waals surface area (Å²) in [5.74, 6) is 1.07. The molecule has 0 radical (unpaired) electrons. The third-order valence-electron chi connectivity index (χ3n) is 9.25. The summed E-state index contributed by atoms with van der Waals surface area (Å²) < 4.78 is 12.7. The van der Waals surface area contributed by atoms with Crippen molar-refractivity contribution >= 4 is 17.0 Å². The Bertz CT molecular complexity index is 1010. The molecule has 0 amide bonds. The predicted molar refractivity (Wildman–Crippen MR) is 126 cm³/mol. The fourth-order valence-corrected chi connectivity index (χ4v) is 7.58. The summed E-state index contributed by atoms with van der Waals surface area (Å²) in [4.78, 5) is 14.8. The molecule has 4 nitrogen and oxygen atoms in total. The number of fused-ring (bicyclic) bond motifs is 4. The summed E-state index contributed by atoms with van der Waals surface area (Å²) in [7, 11) is 4.16. The van der Waals surface area contributed by atoms with E-state index in [1.54, 1.807) is 11.1 Å². The van der Waals surface area contributed by atoms with Crippen molar-refractivity contribution in [3.8, 4) is 0 Å². The monoisotopic (exact) mass is 433 g/mol. The molecular weight excluding hydrogens is 398 g/mol. The first-order valence-corrected chi connectivity index (χ1v) is 12.5. The summed E-state index contributed by atoms with van der Waals surface area (Å²) in [5.41, 5.74) is 8.38. The lowest BCUT2D eigenvalue weighted by Gasteiger charge is -2.48. The van der Waals surface area contributed by atoms with Gasteiger partial charge in [0, 0.05) is 43.6 Å². The van der Waals surface area contributed by atoms with Crippen molar-refractivity contribution in [3.05, 3.63) is 46.5 Å². The van der Waals surface area contributed by atoms with Gasteiger partial charge in [-0.25, -0.2) is 0 Å². The number of carbonyl (C=O) groups is 1. The average Bonchev–Trinajstić information content (AvgIpc) is 3.38. The van der Waals surface area contributed by atoms with E-state index in [9.17, 15) is 4.79 Å². The molecule has 170 valence electrons. The van der Waals surface area contributed by atoms with Crippen LogP contribution in [0.5, 0.6) is 0 Å². The fourth-order valence-electron chi connectivity index (χ4n) is 7.58. The molecule has 1 spiro atoms. The van der Waals surface area contributed by atoms with Crippen LogP contribution in [0.25, 0.3) is 5.57 Å². The fraction of sp³-hybridized carbons (Fsp3) is 0.607. The molecule has 3 fully saturated rings. The molecule has 1 aromatic rings. The van der Waals surface area contributed by atoms with Gasteiger partial charge in [0.2, 0.25) is 0 Å². The maximum absolute atomic E-state index is 12.7. The molecule has 4 heteroatoms. The van der Waals surface area contributed by atoms with Crippen LogP contribution < -0.4 is 4.90 Å². The molecule has 1 heterocycles. The van der Waals surface area contributed by atoms with Gasteiger partial charge >= 0.3 is 0 Å². The third kappa shape index (κ3) is 2.85. The second kappa shape index (κ2) is 7.30. The van der Waals surface area contributed by atoms with Crippen molar-refractivity contribution in [3.63, 3.8) is 0 Å². The summed E-state index contributed by atoms with van der Waals surface area (Å²) in [6.45, 7) is 3.60. The van der Waals surface area contributed by atoms with E-state index in [1.165, 1.54) is 22.4 Å². The molecule has 0 aromatic heterocycles. The molecule has 4 aliphatic carbocycles. The molecule has 6 rings (SSSR count). The van der Waals surface area contributed by atoms with Gasteiger partial charge in [-0.3, -0.25) is 4.79 Å². The van der Waals surface area contributed by atoms with Crippen molar-refractivity contribution in [2.24, 2.45) is 17.3 Å². The number of benzene rings is 1. The minimum Gasteiger partial charge on any atom is -0.378 e. The van der Waals surface area contributed by atoms with Crippen LogP contribution in [0.1, 0.15) is 63.9 Å². The number of Topliss-reactive ketones (excluding diaryl/α,β-unsaturated/α-hetero) is 1. The van der Waals surface area contributed by atoms with E-state index in [2.05, 4.69) is 50.2 Å². The first-order chi connectivity index (χ1) is 15.4. The lowest BCUT2D eigenvalue weighted by atomic mass is 9.57. The number of ketones is 1. The van der Waals surface area contributed by atoms with Crippen molar-refractivity contribution in [1.29, 1.82) is 0 Å². The number of rotatable bonds is 2. The van der Waals surface area contributed by atoms with Crippen LogP contribution in [0, 0.1) is 17.3 Å². The van der Waals surface area contributed by atoms with Crippen LogP contribution >= 0.6 is 0 Å². The van der Waals surface area contributed by atoms with Crippen LogP contribution in [-0.2, 0) is 14.3 Å². The molecule has 1 saturated heterocycles. The Morgan fingerprint density at radius 3 is 2.38 bits per heavy atom. The molecular formula is C28H35NO3. The molecule has 1 aromatic carbocycles. The minimum absolute atomic E-state index is 0.0751. The number of hydrogen-bond acceptors (Lipinski definition) is 4. The minimum atomic E-state index is -0.585. The molecule has 0 N–H and O–H groups in total. The van der Waals surface area contributed by atoms with E-state index in [4.69, 9.17) is 9.47 Å². The predicted octanol–water partition coefficient (Wildman–Crippen LogP) is 5.53. The van der Waals surface area contributed by atoms with Crippen LogP contribution in [-0.4, -0.2) is 38.9 Å². The second-order valence-electron chi connectivity index (χ2n) is 10.9. The lowest BCUT2D eigenvalue weighted by Crippen LogP contribution is -2.42. The summed E-state index contributed by atoms with van der Waals surface area (Å²) in [6.07, 6.45) is 8.17. The van der Waals surface area contributed by atoms with Crippen molar-refractivity contribution < 1.29 is 14.3 Å². The molecule has 5 aliphatic rings. The van der Waals surface area contributed by atoms with Gasteiger partial charge in [0.25, 0.3) is 0 Å². The highest BCUT2D eigenvalue weighted by Gasteiger charge is 2.55. The van der Waals surface area contributed by atoms with E-state index in [1.807, 2.05) is 0 Å². The Morgan fingerprint density at radius 2 is 1.66 bits per heavy atom. The Morgan fingerprint density at radius 1 is 0.906 bits per heavy atom. The van der Waals surface area contributed by atoms with Gasteiger partial charge in [-0.2, -0.15) is 0 Å². The zero-order chi connectivity index (χ0) is 22.1. The summed E-state index contributed by atoms with van der Waals surface area (Å²) in [5, 5.41) is 0. The van der Waals surface area contributed by atoms with Crippen molar-refractivity contribution in [2.75, 3.05) is 32.2 Å². The molecule has 1 aliphatic heterocycles. The number of hydrogen-bond donors (Lipinski definition) is 0. The SMILES string of the molecule is CN(C)c1ccc(C2=C3CC[C@@H]4C(=C3CCC23OCCO3)CC[C@]2(C)C(=O)CC[C@@H]42)cc1. The molecule has 32 heavy (non-hydrogen) atoms. The Labute approximate surface area is 191 Å². The lowest BCUT2D eigenvalue weighted by molar-refractivity contribution is -0.128. The van der Waals surface area contributed by atoms with Crippen molar-refractivity contribution in [2.45, 2.75) is 64.1 Å². The Hall–Kier alpha value is -1.91. The number of anilines is 1. The molecule has 2 saturated carbocycles. The van der Waals surface area contributed by atoms with Gasteiger partial charge in [0.15, 0.2) is 5.79 Å². The van der Waals surface area contributed by atoms with Gasteiger partial charge in [-0.15, -0.1) is 0 Å². The van der Waals surface area contributed by atoms with Gasteiger partial charge in [0.05, 0.1) is 13.2 Å². The maximum atomic E-state index is 12.7. The first kappa shape index (κ1) is 20.7. The summed E-state index contributed by atoms with van der Waals surface area (Å²) >= 11 is 0. The highest BCUT2D eigenvalue weighted by atomic mass is 16.7. The summed E-state index contributed by atoms with van der Waals surface area (Å²) in [6, 6.07) is 8.90. The average molecular weight is 434 g/mol. The topological polar surface area (TPSA) is 38.8 Å². The zero-order valence-electron chi connectivity index (χ0n) is 19.7. The van der Waals surface area contributed by atoms with Crippen LogP contribution in [0.2, 0.25) is 0 Å². The van der Waals surface area contributed by atoms with Gasteiger partial charge in [0.1, 0.15) is 5.78 Å². The molecule has 3 atom stereocenters. The first-order valence-electron chi connectivity index (χ1n) is 12.5. The number of carbonyl (C=O) groups excluding carboxylic acids is 1. The van der Waals surface area contributed by atoms with Crippen LogP contribution in [0.15, 0.2) is 41.0 Å². The largest absolute Gasteiger partial charge is 0.378 e. The number of allylic oxidation sites excluding steroid dienone is 3. The maximum Gasteiger partial charge on any atom is 0.196 e. The highest BCUT2D eigenvalue weighted by Crippen LogP contribution is 2.60. The third-order valence-corrected chi connectivity index (χ3v) is 9.25. The molecule has 0 unspecified atom stereocenters. The van der Waals surface area contributed by atoms with Gasteiger partial charge in [-0.05, 0) is 79.2 Å². The van der Waals surface area contributed by atoms with Gasteiger partial charge < -0.3 is 14.4 Å². The Kier molecular flexibility index (Phi) is 4.71. The van der Waals surface area contributed by atoms with E-state index >= 15 is 0 Å². The standard InChI is InChI=1S/C28H35NO3/c1-27-14-12-20-21-13-15-28(31-16-17-32-28)26(18-4-6-19(7-5-18)29(2)3)23(21)9-8-22(20)24(27)10-11-25(27)30/h4-7,22,24H,8-17H2,1-3H3/t22-,24+,27+/m1/s1. The van der Waals surface area contributed by atoms with Crippen LogP contribution in [0.4, 0.5) is 5.69 Å². The number of nitrogens with zero attached hydrogens (tertiary/aromatic N) is 1. The normalized spacial score (nSPS) is 33.4. The van der Waals surface area contributed by atoms with Gasteiger partial charge in [-0.1, -0.05) is 24.6 Å². The van der Waals surface area contributed by atoms with E-state index < -0.39 is 5.79 Å². The second-order valence-corrected chi connectivity index (χ2v) is 10.9. The van der Waals surface area contributed by atoms with E-state index in [0.717, 1.165) is 51.4 Å². The van der Waals surface area contributed by atoms with E-state index in [-0.39, 0.29) is 5.41 Å². The smallest absolute Gasteiger partial charge is 0.196 e. The van der Waals surface area contributed by atoms with Crippen LogP contribution in [0.3, 0.4) is 0 Å². The van der Waals surface area contributed by atoms with Crippen molar-refractivity contribution in [1.82, 2.24) is 0 Å². The number of ether oxygens (including phenoxy) is 2. The zero-order valence-corrected chi connectivity index (χ0v) is 19.7. The molecule has 0 bridgehead atoms. The quantitative estimate of drug-likeness (QED) is 0.615.